The lowest BCUT2D eigenvalue weighted by Crippen LogP contribution is -1.96. The van der Waals surface area contributed by atoms with Gasteiger partial charge in [-0.05, 0) is 17.7 Å². The van der Waals surface area contributed by atoms with Gasteiger partial charge in [0.05, 0.1) is 23.0 Å². The molecule has 0 amide bonds. The van der Waals surface area contributed by atoms with Gasteiger partial charge in [-0.15, -0.1) is 0 Å². The van der Waals surface area contributed by atoms with E-state index in [-0.39, 0.29) is 6.42 Å². The molecule has 0 radical (unpaired) electrons. The molecule has 1 aromatic heterocycles. The molecule has 5 heteroatoms. The van der Waals surface area contributed by atoms with Crippen molar-refractivity contribution < 1.29 is 4.74 Å². The standard InChI is InChI=1S/C16H12ClN3O/c17-12-6-7-13-15(20-14(19-13)8-9-18)16(12)21-10-11-4-2-1-3-5-11/h1-7H,8,10H2,(H,19,20). The van der Waals surface area contributed by atoms with Crippen LogP contribution in [0.3, 0.4) is 0 Å². The molecule has 0 aliphatic rings. The highest BCUT2D eigenvalue weighted by Crippen LogP contribution is 2.32. The van der Waals surface area contributed by atoms with Gasteiger partial charge in [0.15, 0.2) is 5.75 Å². The van der Waals surface area contributed by atoms with Crippen molar-refractivity contribution in [1.29, 1.82) is 5.26 Å². The Hall–Kier alpha value is -2.51. The van der Waals surface area contributed by atoms with Gasteiger partial charge in [0, 0.05) is 0 Å². The normalized spacial score (nSPS) is 10.5. The van der Waals surface area contributed by atoms with Gasteiger partial charge in [0.2, 0.25) is 0 Å². The first-order valence-electron chi connectivity index (χ1n) is 6.48. The predicted molar refractivity (Wildman–Crippen MR) is 81.2 cm³/mol. The molecule has 2 aromatic carbocycles. The summed E-state index contributed by atoms with van der Waals surface area (Å²) in [5.74, 6) is 1.15. The van der Waals surface area contributed by atoms with E-state index in [0.29, 0.717) is 28.7 Å². The molecule has 0 aliphatic carbocycles. The van der Waals surface area contributed by atoms with Gasteiger partial charge >= 0.3 is 0 Å². The molecule has 0 saturated carbocycles. The number of fused-ring (bicyclic) bond motifs is 1. The molecule has 1 N–H and O–H groups in total. The monoisotopic (exact) mass is 297 g/mol. The first-order valence-corrected chi connectivity index (χ1v) is 6.86. The molecule has 0 bridgehead atoms. The fourth-order valence-electron chi connectivity index (χ4n) is 2.10. The Labute approximate surface area is 127 Å². The minimum absolute atomic E-state index is 0.227. The largest absolute Gasteiger partial charge is 0.485 e. The Bertz CT molecular complexity index is 805. The molecule has 0 atom stereocenters. The van der Waals surface area contributed by atoms with E-state index in [2.05, 4.69) is 16.0 Å². The molecule has 4 nitrogen and oxygen atoms in total. The maximum absolute atomic E-state index is 8.75. The van der Waals surface area contributed by atoms with Crippen LogP contribution in [0.1, 0.15) is 11.4 Å². The number of rotatable bonds is 4. The summed E-state index contributed by atoms with van der Waals surface area (Å²) < 4.78 is 5.83. The molecule has 0 spiro atoms. The van der Waals surface area contributed by atoms with E-state index in [0.717, 1.165) is 11.1 Å². The second-order valence-corrected chi connectivity index (χ2v) is 4.97. The van der Waals surface area contributed by atoms with Crippen LogP contribution in [0.25, 0.3) is 11.0 Å². The van der Waals surface area contributed by atoms with Crippen molar-refractivity contribution in [2.24, 2.45) is 0 Å². The van der Waals surface area contributed by atoms with Crippen molar-refractivity contribution in [3.05, 3.63) is 58.9 Å². The number of hydrogen-bond acceptors (Lipinski definition) is 3. The van der Waals surface area contributed by atoms with E-state index in [1.165, 1.54) is 0 Å². The van der Waals surface area contributed by atoms with E-state index in [1.54, 1.807) is 6.07 Å². The molecule has 104 valence electrons. The Morgan fingerprint density at radius 3 is 2.76 bits per heavy atom. The van der Waals surface area contributed by atoms with Crippen LogP contribution in [0.15, 0.2) is 42.5 Å². The minimum Gasteiger partial charge on any atom is -0.485 e. The van der Waals surface area contributed by atoms with Gasteiger partial charge in [0.25, 0.3) is 0 Å². The highest BCUT2D eigenvalue weighted by molar-refractivity contribution is 6.33. The number of halogens is 1. The number of benzene rings is 2. The lowest BCUT2D eigenvalue weighted by molar-refractivity contribution is 0.309. The van der Waals surface area contributed by atoms with Crippen molar-refractivity contribution >= 4 is 22.6 Å². The number of imidazole rings is 1. The number of ether oxygens (including phenoxy) is 1. The van der Waals surface area contributed by atoms with Gasteiger partial charge in [-0.25, -0.2) is 4.98 Å². The SMILES string of the molecule is N#CCc1nc2c(OCc3ccccc3)c(Cl)ccc2[nH]1. The Kier molecular flexibility index (Phi) is 3.76. The molecule has 3 aromatic rings. The molecule has 0 saturated heterocycles. The molecular formula is C16H12ClN3O. The topological polar surface area (TPSA) is 61.7 Å². The summed E-state index contributed by atoms with van der Waals surface area (Å²) in [4.78, 5) is 7.48. The van der Waals surface area contributed by atoms with Crippen LogP contribution in [0.5, 0.6) is 5.75 Å². The summed E-state index contributed by atoms with van der Waals surface area (Å²) in [5, 5.41) is 9.26. The van der Waals surface area contributed by atoms with E-state index >= 15 is 0 Å². The van der Waals surface area contributed by atoms with Crippen molar-refractivity contribution in [1.82, 2.24) is 9.97 Å². The number of nitrogens with zero attached hydrogens (tertiary/aromatic N) is 2. The number of hydrogen-bond donors (Lipinski definition) is 1. The summed E-state index contributed by atoms with van der Waals surface area (Å²) in [7, 11) is 0. The van der Waals surface area contributed by atoms with Crippen molar-refractivity contribution in [2.45, 2.75) is 13.0 Å². The van der Waals surface area contributed by atoms with Crippen molar-refractivity contribution in [3.8, 4) is 11.8 Å². The maximum atomic E-state index is 8.75. The van der Waals surface area contributed by atoms with E-state index < -0.39 is 0 Å². The highest BCUT2D eigenvalue weighted by Gasteiger charge is 2.12. The van der Waals surface area contributed by atoms with Crippen molar-refractivity contribution in [2.75, 3.05) is 0 Å². The average molecular weight is 298 g/mol. The highest BCUT2D eigenvalue weighted by atomic mass is 35.5. The molecule has 1 heterocycles. The minimum atomic E-state index is 0.227. The maximum Gasteiger partial charge on any atom is 0.166 e. The third-order valence-corrected chi connectivity index (χ3v) is 3.38. The first-order chi connectivity index (χ1) is 10.3. The van der Waals surface area contributed by atoms with E-state index in [9.17, 15) is 0 Å². The quantitative estimate of drug-likeness (QED) is 0.795. The number of nitrogens with one attached hydrogen (secondary N) is 1. The molecule has 3 rings (SSSR count). The van der Waals surface area contributed by atoms with E-state index in [4.69, 9.17) is 21.6 Å². The van der Waals surface area contributed by atoms with Crippen LogP contribution in [-0.4, -0.2) is 9.97 Å². The fraction of sp³-hybridized carbons (Fsp3) is 0.125. The van der Waals surface area contributed by atoms with Crippen LogP contribution in [0, 0.1) is 11.3 Å². The lowest BCUT2D eigenvalue weighted by Gasteiger charge is -2.08. The van der Waals surface area contributed by atoms with Crippen LogP contribution >= 0.6 is 11.6 Å². The Morgan fingerprint density at radius 1 is 1.19 bits per heavy atom. The molecule has 21 heavy (non-hydrogen) atoms. The molecule has 0 aliphatic heterocycles. The van der Waals surface area contributed by atoms with Gasteiger partial charge in [-0.3, -0.25) is 0 Å². The van der Waals surface area contributed by atoms with Crippen LogP contribution in [0.4, 0.5) is 0 Å². The number of nitriles is 1. The third-order valence-electron chi connectivity index (χ3n) is 3.08. The zero-order valence-electron chi connectivity index (χ0n) is 11.1. The average Bonchev–Trinajstić information content (AvgIpc) is 2.90. The van der Waals surface area contributed by atoms with Gasteiger partial charge in [0.1, 0.15) is 17.9 Å². The summed E-state index contributed by atoms with van der Waals surface area (Å²) >= 11 is 6.21. The summed E-state index contributed by atoms with van der Waals surface area (Å²) in [6, 6.07) is 15.5. The van der Waals surface area contributed by atoms with Gasteiger partial charge < -0.3 is 9.72 Å². The summed E-state index contributed by atoms with van der Waals surface area (Å²) in [6.45, 7) is 0.417. The lowest BCUT2D eigenvalue weighted by atomic mass is 10.2. The molecule has 0 unspecified atom stereocenters. The van der Waals surface area contributed by atoms with Crippen LogP contribution in [-0.2, 0) is 13.0 Å². The summed E-state index contributed by atoms with van der Waals surface area (Å²) in [5.41, 5.74) is 2.52. The Morgan fingerprint density at radius 2 is 2.00 bits per heavy atom. The van der Waals surface area contributed by atoms with Crippen molar-refractivity contribution in [3.63, 3.8) is 0 Å². The van der Waals surface area contributed by atoms with Gasteiger partial charge in [-0.2, -0.15) is 5.26 Å². The number of aromatic nitrogens is 2. The van der Waals surface area contributed by atoms with Gasteiger partial charge in [-0.1, -0.05) is 41.9 Å². The first kappa shape index (κ1) is 13.5. The van der Waals surface area contributed by atoms with E-state index in [1.807, 2.05) is 36.4 Å². The molecule has 0 fully saturated rings. The zero-order chi connectivity index (χ0) is 14.7. The third kappa shape index (κ3) is 2.83. The second kappa shape index (κ2) is 5.86. The fourth-order valence-corrected chi connectivity index (χ4v) is 2.31. The number of aromatic amines is 1. The van der Waals surface area contributed by atoms with Crippen LogP contribution in [0.2, 0.25) is 5.02 Å². The smallest absolute Gasteiger partial charge is 0.166 e. The Balaban J connectivity index is 1.93. The number of H-pyrrole nitrogens is 1. The zero-order valence-corrected chi connectivity index (χ0v) is 11.9. The second-order valence-electron chi connectivity index (χ2n) is 4.57. The predicted octanol–water partition coefficient (Wildman–Crippen LogP) is 3.86. The molecular weight excluding hydrogens is 286 g/mol. The summed E-state index contributed by atoms with van der Waals surface area (Å²) in [6.07, 6.45) is 0.227. The van der Waals surface area contributed by atoms with Crippen LogP contribution < -0.4 is 4.74 Å².